The molecule has 7 rings (SSSR count). The predicted molar refractivity (Wildman–Crippen MR) is 165 cm³/mol. The topological polar surface area (TPSA) is 21.9 Å². The van der Waals surface area contributed by atoms with Gasteiger partial charge < -0.3 is 4.74 Å². The highest BCUT2D eigenvalue weighted by Crippen LogP contribution is 2.64. The summed E-state index contributed by atoms with van der Waals surface area (Å²) in [7, 11) is 4.01. The van der Waals surface area contributed by atoms with Crippen LogP contribution in [0, 0.1) is 13.8 Å². The van der Waals surface area contributed by atoms with Crippen molar-refractivity contribution < 1.29 is 13.9 Å². The van der Waals surface area contributed by atoms with Crippen LogP contribution in [0.3, 0.4) is 0 Å². The Bertz CT molecular complexity index is 1880. The van der Waals surface area contributed by atoms with Gasteiger partial charge in [0.25, 0.3) is 5.82 Å². The predicted octanol–water partition coefficient (Wildman–Crippen LogP) is 7.12. The number of benzene rings is 3. The number of hydrogen-bond acceptors (Lipinski definition) is 1. The zero-order valence-corrected chi connectivity index (χ0v) is 25.0. The molecule has 2 aromatic heterocycles. The number of ether oxygens (including phenoxy) is 1. The van der Waals surface area contributed by atoms with Gasteiger partial charge in [0.1, 0.15) is 5.75 Å². The van der Waals surface area contributed by atoms with E-state index in [1.807, 2.05) is 0 Å². The standard InChI is InChI=1S/C37H39N3O/c1-7-36-23-27(24-39-22-14-13-19-32(39)33-25(3)20-21-26(4)34(33)41-6)37(36,8-2)40-31-18-12-11-17-30(31)38(5)35(40)28-15-9-10-16-29(28)36/h9-23H,7-8,24H2,1-6H3/q+2. The summed E-state index contributed by atoms with van der Waals surface area (Å²) in [5, 5.41) is 0. The molecule has 0 saturated carbocycles. The molecule has 0 saturated heterocycles. The monoisotopic (exact) mass is 541 g/mol. The van der Waals surface area contributed by atoms with Crippen LogP contribution in [-0.2, 0) is 24.5 Å². The summed E-state index contributed by atoms with van der Waals surface area (Å²) in [6.07, 6.45) is 6.91. The van der Waals surface area contributed by atoms with Crippen molar-refractivity contribution in [1.29, 1.82) is 0 Å². The van der Waals surface area contributed by atoms with Crippen LogP contribution in [0.1, 0.15) is 43.4 Å². The van der Waals surface area contributed by atoms with E-state index in [1.54, 1.807) is 7.11 Å². The van der Waals surface area contributed by atoms with Crippen molar-refractivity contribution in [3.05, 3.63) is 113 Å². The highest BCUT2D eigenvalue weighted by Gasteiger charge is 2.68. The van der Waals surface area contributed by atoms with E-state index < -0.39 is 0 Å². The molecule has 3 aromatic carbocycles. The Morgan fingerprint density at radius 3 is 2.34 bits per heavy atom. The number of para-hydroxylation sites is 2. The molecule has 0 fully saturated rings. The molecule has 2 atom stereocenters. The van der Waals surface area contributed by atoms with Gasteiger partial charge in [-0.25, -0.2) is 9.13 Å². The van der Waals surface area contributed by atoms with Crippen LogP contribution in [0.25, 0.3) is 33.7 Å². The van der Waals surface area contributed by atoms with Crippen molar-refractivity contribution in [2.24, 2.45) is 7.05 Å². The van der Waals surface area contributed by atoms with Gasteiger partial charge in [0.15, 0.2) is 29.3 Å². The lowest BCUT2D eigenvalue weighted by atomic mass is 9.48. The summed E-state index contributed by atoms with van der Waals surface area (Å²) in [5.41, 5.74) is 11.4. The molecule has 0 spiro atoms. The van der Waals surface area contributed by atoms with Gasteiger partial charge in [-0.15, -0.1) is 0 Å². The second kappa shape index (κ2) is 9.17. The van der Waals surface area contributed by atoms with Crippen molar-refractivity contribution >= 4 is 11.0 Å². The zero-order valence-electron chi connectivity index (χ0n) is 25.0. The third kappa shape index (κ3) is 3.16. The lowest BCUT2D eigenvalue weighted by Crippen LogP contribution is -2.64. The summed E-state index contributed by atoms with van der Waals surface area (Å²) < 4.78 is 13.5. The maximum atomic E-state index is 5.97. The fourth-order valence-electron chi connectivity index (χ4n) is 8.31. The van der Waals surface area contributed by atoms with E-state index in [-0.39, 0.29) is 11.0 Å². The molecule has 206 valence electrons. The number of fused-ring (bicyclic) bond motifs is 8. The van der Waals surface area contributed by atoms with Gasteiger partial charge in [0, 0.05) is 17.7 Å². The van der Waals surface area contributed by atoms with E-state index in [0.717, 1.165) is 30.7 Å². The Balaban J connectivity index is 1.49. The van der Waals surface area contributed by atoms with Crippen LogP contribution in [0.15, 0.2) is 96.7 Å². The van der Waals surface area contributed by atoms with Crippen LogP contribution >= 0.6 is 0 Å². The summed E-state index contributed by atoms with van der Waals surface area (Å²) in [6, 6.07) is 28.9. The number of allylic oxidation sites excluding steroid dienone is 2. The number of nitrogens with zero attached hydrogens (tertiary/aromatic N) is 3. The Hall–Kier alpha value is -4.18. The van der Waals surface area contributed by atoms with Crippen molar-refractivity contribution in [2.45, 2.75) is 58.0 Å². The molecule has 0 radical (unpaired) electrons. The fourth-order valence-corrected chi connectivity index (χ4v) is 8.31. The Morgan fingerprint density at radius 1 is 0.829 bits per heavy atom. The molecular formula is C37H39N3O+2. The smallest absolute Gasteiger partial charge is 0.290 e. The zero-order chi connectivity index (χ0) is 28.5. The Morgan fingerprint density at radius 2 is 1.56 bits per heavy atom. The average molecular weight is 542 g/mol. The first kappa shape index (κ1) is 25.8. The lowest BCUT2D eigenvalue weighted by Gasteiger charge is -2.57. The minimum atomic E-state index is -0.169. The van der Waals surface area contributed by atoms with Gasteiger partial charge in [0.2, 0.25) is 5.69 Å². The molecule has 41 heavy (non-hydrogen) atoms. The number of aryl methyl sites for hydroxylation is 3. The quantitative estimate of drug-likeness (QED) is 0.166. The third-order valence-electron chi connectivity index (χ3n) is 10.1. The van der Waals surface area contributed by atoms with E-state index in [0.29, 0.717) is 0 Å². The van der Waals surface area contributed by atoms with Crippen molar-refractivity contribution in [2.75, 3.05) is 7.11 Å². The number of pyridine rings is 1. The summed E-state index contributed by atoms with van der Waals surface area (Å²) in [4.78, 5) is 0. The second-order valence-corrected chi connectivity index (χ2v) is 11.8. The van der Waals surface area contributed by atoms with Gasteiger partial charge in [-0.2, -0.15) is 4.57 Å². The first-order chi connectivity index (χ1) is 19.9. The maximum Gasteiger partial charge on any atom is 0.290 e. The first-order valence-corrected chi connectivity index (χ1v) is 14.9. The van der Waals surface area contributed by atoms with Gasteiger partial charge in [0.05, 0.1) is 30.7 Å². The summed E-state index contributed by atoms with van der Waals surface area (Å²) in [6.45, 7) is 9.88. The van der Waals surface area contributed by atoms with Gasteiger partial charge in [-0.05, 0) is 67.6 Å². The van der Waals surface area contributed by atoms with Crippen molar-refractivity contribution in [3.8, 4) is 28.4 Å². The molecule has 0 bridgehead atoms. The highest BCUT2D eigenvalue weighted by atomic mass is 16.5. The van der Waals surface area contributed by atoms with Crippen molar-refractivity contribution in [1.82, 2.24) is 4.57 Å². The second-order valence-electron chi connectivity index (χ2n) is 11.8. The minimum Gasteiger partial charge on any atom is -0.496 e. The van der Waals surface area contributed by atoms with E-state index in [4.69, 9.17) is 4.74 Å². The van der Waals surface area contributed by atoms with Crippen LogP contribution in [0.4, 0.5) is 0 Å². The Labute approximate surface area is 243 Å². The van der Waals surface area contributed by atoms with Crippen LogP contribution in [-0.4, -0.2) is 11.7 Å². The molecular weight excluding hydrogens is 502 g/mol. The van der Waals surface area contributed by atoms with E-state index in [9.17, 15) is 0 Å². The van der Waals surface area contributed by atoms with Gasteiger partial charge in [-0.3, -0.25) is 0 Å². The number of rotatable bonds is 6. The largest absolute Gasteiger partial charge is 0.496 e. The molecule has 1 aliphatic carbocycles. The molecule has 2 aliphatic rings. The molecule has 5 aromatic rings. The number of imidazole rings is 1. The maximum absolute atomic E-state index is 5.97. The molecule has 1 aliphatic heterocycles. The normalized spacial score (nSPS) is 20.6. The third-order valence-corrected chi connectivity index (χ3v) is 10.1. The van der Waals surface area contributed by atoms with Crippen LogP contribution < -0.4 is 13.9 Å². The van der Waals surface area contributed by atoms with E-state index >= 15 is 0 Å². The van der Waals surface area contributed by atoms with Gasteiger partial charge >= 0.3 is 0 Å². The Kier molecular flexibility index (Phi) is 5.76. The average Bonchev–Trinajstić information content (AvgIpc) is 3.29. The van der Waals surface area contributed by atoms with E-state index in [1.165, 1.54) is 50.4 Å². The molecule has 2 unspecified atom stereocenters. The SMILES string of the molecule is CCC12C=C(C[n+]3ccccc3-c3c(C)ccc(C)c3OC)C1(CC)n1c([n+](C)c3ccccc31)-c1ccccc12. The first-order valence-electron chi connectivity index (χ1n) is 14.9. The number of methoxy groups -OCH3 is 1. The molecule has 0 N–H and O–H groups in total. The molecule has 0 amide bonds. The van der Waals surface area contributed by atoms with E-state index in [2.05, 4.69) is 140 Å². The van der Waals surface area contributed by atoms with Crippen LogP contribution in [0.2, 0.25) is 0 Å². The molecule has 3 heterocycles. The fraction of sp³-hybridized carbons (Fsp3) is 0.297. The highest BCUT2D eigenvalue weighted by molar-refractivity contribution is 5.82. The molecule has 4 nitrogen and oxygen atoms in total. The van der Waals surface area contributed by atoms with Crippen LogP contribution in [0.5, 0.6) is 5.75 Å². The van der Waals surface area contributed by atoms with Gasteiger partial charge in [-0.1, -0.05) is 62.4 Å². The van der Waals surface area contributed by atoms with Crippen molar-refractivity contribution in [3.63, 3.8) is 0 Å². The molecule has 4 heteroatoms. The summed E-state index contributed by atoms with van der Waals surface area (Å²) >= 11 is 0. The number of hydrogen-bond donors (Lipinski definition) is 0. The number of aromatic nitrogens is 3. The lowest BCUT2D eigenvalue weighted by molar-refractivity contribution is -0.680. The summed E-state index contributed by atoms with van der Waals surface area (Å²) in [5.74, 6) is 2.26. The minimum absolute atomic E-state index is 0.0675.